The molecule has 1 heterocycles. The van der Waals surface area contributed by atoms with Crippen molar-refractivity contribution in [2.24, 2.45) is 0 Å². The topological polar surface area (TPSA) is 27.7 Å². The molecule has 92 valence electrons. The van der Waals surface area contributed by atoms with E-state index in [1.165, 1.54) is 0 Å². The van der Waals surface area contributed by atoms with Crippen LogP contribution in [-0.4, -0.2) is 13.9 Å². The Morgan fingerprint density at radius 1 is 1.06 bits per heavy atom. The fourth-order valence-corrected chi connectivity index (χ4v) is 1.26. The number of ether oxygens (including phenoxy) is 3. The van der Waals surface area contributed by atoms with Gasteiger partial charge in [0.1, 0.15) is 0 Å². The van der Waals surface area contributed by atoms with Gasteiger partial charge in [0.25, 0.3) is 0 Å². The first-order valence-electron chi connectivity index (χ1n) is 5.75. The summed E-state index contributed by atoms with van der Waals surface area (Å²) in [6.45, 7) is 10.3. The molecule has 0 saturated carbocycles. The second-order valence-electron chi connectivity index (χ2n) is 2.70. The van der Waals surface area contributed by atoms with Crippen LogP contribution in [0.15, 0.2) is 12.1 Å². The van der Waals surface area contributed by atoms with E-state index in [0.29, 0.717) is 5.75 Å². The van der Waals surface area contributed by atoms with E-state index in [0.717, 1.165) is 17.1 Å². The van der Waals surface area contributed by atoms with Gasteiger partial charge in [-0.05, 0) is 24.6 Å². The number of benzene rings is 1. The summed E-state index contributed by atoms with van der Waals surface area (Å²) in [7, 11) is 1.62. The van der Waals surface area contributed by atoms with Crippen LogP contribution in [0, 0.1) is 6.92 Å². The molecule has 3 heteroatoms. The lowest BCUT2D eigenvalue weighted by atomic mass is 10.2. The van der Waals surface area contributed by atoms with Crippen LogP contribution in [-0.2, 0) is 0 Å². The highest BCUT2D eigenvalue weighted by atomic mass is 16.7. The van der Waals surface area contributed by atoms with E-state index >= 15 is 0 Å². The van der Waals surface area contributed by atoms with E-state index in [4.69, 9.17) is 14.2 Å². The molecule has 3 nitrogen and oxygen atoms in total. The Morgan fingerprint density at radius 2 is 1.69 bits per heavy atom. The molecule has 0 amide bonds. The molecule has 0 atom stereocenters. The van der Waals surface area contributed by atoms with Crippen molar-refractivity contribution in [1.29, 1.82) is 0 Å². The molecule has 0 aliphatic carbocycles. The molecule has 1 aliphatic rings. The lowest BCUT2D eigenvalue weighted by Gasteiger charge is -2.04. The Kier molecular flexibility index (Phi) is 7.18. The predicted molar refractivity (Wildman–Crippen MR) is 66.6 cm³/mol. The number of hydrogen-bond acceptors (Lipinski definition) is 3. The molecule has 0 saturated heterocycles. The summed E-state index contributed by atoms with van der Waals surface area (Å²) >= 11 is 0. The molecule has 0 N–H and O–H groups in total. The third-order valence-electron chi connectivity index (χ3n) is 1.80. The van der Waals surface area contributed by atoms with E-state index in [9.17, 15) is 0 Å². The predicted octanol–water partition coefficient (Wildman–Crippen LogP) is 3.78. The Labute approximate surface area is 98.3 Å². The van der Waals surface area contributed by atoms with Gasteiger partial charge in [0, 0.05) is 0 Å². The monoisotopic (exact) mass is 226 g/mol. The first kappa shape index (κ1) is 14.6. The van der Waals surface area contributed by atoms with Crippen LogP contribution in [0.1, 0.15) is 33.3 Å². The highest BCUT2D eigenvalue weighted by Crippen LogP contribution is 2.41. The van der Waals surface area contributed by atoms with Crippen LogP contribution in [0.3, 0.4) is 0 Å². The van der Waals surface area contributed by atoms with Crippen molar-refractivity contribution in [3.63, 3.8) is 0 Å². The Morgan fingerprint density at radius 3 is 2.25 bits per heavy atom. The fraction of sp³-hybridized carbons (Fsp3) is 0.538. The van der Waals surface area contributed by atoms with Gasteiger partial charge in [0.05, 0.1) is 7.11 Å². The molecule has 0 fully saturated rings. The zero-order chi connectivity index (χ0) is 12.6. The normalized spacial score (nSPS) is 10.6. The second kappa shape index (κ2) is 7.85. The van der Waals surface area contributed by atoms with Crippen LogP contribution < -0.4 is 14.2 Å². The minimum Gasteiger partial charge on any atom is -0.493 e. The zero-order valence-electron chi connectivity index (χ0n) is 11.1. The summed E-state index contributed by atoms with van der Waals surface area (Å²) in [5, 5.41) is 0. The summed E-state index contributed by atoms with van der Waals surface area (Å²) in [4.78, 5) is 0. The number of hydrogen-bond donors (Lipinski definition) is 0. The van der Waals surface area contributed by atoms with E-state index < -0.39 is 0 Å². The van der Waals surface area contributed by atoms with Crippen molar-refractivity contribution in [1.82, 2.24) is 0 Å². The van der Waals surface area contributed by atoms with Crippen LogP contribution in [0.5, 0.6) is 17.2 Å². The number of fused-ring (bicyclic) bond motifs is 1. The molecule has 0 radical (unpaired) electrons. The molecular weight excluding hydrogens is 204 g/mol. The van der Waals surface area contributed by atoms with Gasteiger partial charge < -0.3 is 14.2 Å². The number of aryl methyl sites for hydroxylation is 1. The number of methoxy groups -OCH3 is 1. The summed E-state index contributed by atoms with van der Waals surface area (Å²) in [5.74, 6) is 2.22. The second-order valence-corrected chi connectivity index (χ2v) is 2.70. The third-order valence-corrected chi connectivity index (χ3v) is 1.80. The van der Waals surface area contributed by atoms with Gasteiger partial charge >= 0.3 is 0 Å². The van der Waals surface area contributed by atoms with E-state index in [-0.39, 0.29) is 6.79 Å². The molecule has 2 rings (SSSR count). The molecule has 1 aliphatic heterocycles. The van der Waals surface area contributed by atoms with Crippen LogP contribution in [0.4, 0.5) is 0 Å². The minimum atomic E-state index is 0.287. The van der Waals surface area contributed by atoms with Gasteiger partial charge in [-0.15, -0.1) is 0 Å². The van der Waals surface area contributed by atoms with Crippen molar-refractivity contribution >= 4 is 0 Å². The smallest absolute Gasteiger partial charge is 0.231 e. The van der Waals surface area contributed by atoms with Crippen molar-refractivity contribution in [2.75, 3.05) is 13.9 Å². The Balaban J connectivity index is 0.000000509. The van der Waals surface area contributed by atoms with Crippen LogP contribution in [0.25, 0.3) is 0 Å². The van der Waals surface area contributed by atoms with Crippen molar-refractivity contribution in [2.45, 2.75) is 34.6 Å². The number of rotatable bonds is 1. The highest BCUT2D eigenvalue weighted by molar-refractivity contribution is 5.54. The van der Waals surface area contributed by atoms with Crippen molar-refractivity contribution in [3.8, 4) is 17.2 Å². The van der Waals surface area contributed by atoms with Gasteiger partial charge in [0.15, 0.2) is 11.5 Å². The average Bonchev–Trinajstić information content (AvgIpc) is 2.81. The summed E-state index contributed by atoms with van der Waals surface area (Å²) in [6.07, 6.45) is 0. The van der Waals surface area contributed by atoms with Crippen LogP contribution in [0.2, 0.25) is 0 Å². The third kappa shape index (κ3) is 3.33. The van der Waals surface area contributed by atoms with E-state index in [2.05, 4.69) is 0 Å². The van der Waals surface area contributed by atoms with Gasteiger partial charge in [-0.2, -0.15) is 0 Å². The maximum Gasteiger partial charge on any atom is 0.231 e. The molecule has 1 aromatic rings. The molecule has 0 unspecified atom stereocenters. The SMILES string of the molecule is CC.CC.COc1cc(C)cc2c1OCO2. The maximum absolute atomic E-state index is 5.23. The molecule has 0 spiro atoms. The van der Waals surface area contributed by atoms with E-state index in [1.807, 2.05) is 46.8 Å². The van der Waals surface area contributed by atoms with Crippen molar-refractivity contribution in [3.05, 3.63) is 17.7 Å². The highest BCUT2D eigenvalue weighted by Gasteiger charge is 2.18. The van der Waals surface area contributed by atoms with Gasteiger partial charge in [-0.3, -0.25) is 0 Å². The van der Waals surface area contributed by atoms with Gasteiger partial charge in [-0.25, -0.2) is 0 Å². The Hall–Kier alpha value is -1.38. The lowest BCUT2D eigenvalue weighted by molar-refractivity contribution is 0.171. The standard InChI is InChI=1S/C9H10O3.2C2H6/c1-6-3-7(10-2)9-8(4-6)11-5-12-9;2*1-2/h3-4H,5H2,1-2H3;2*1-2H3. The maximum atomic E-state index is 5.23. The fourth-order valence-electron chi connectivity index (χ4n) is 1.26. The molecular formula is C13H22O3. The minimum absolute atomic E-state index is 0.287. The zero-order valence-corrected chi connectivity index (χ0v) is 11.1. The molecule has 1 aromatic carbocycles. The largest absolute Gasteiger partial charge is 0.493 e. The quantitative estimate of drug-likeness (QED) is 0.729. The summed E-state index contributed by atoms with van der Waals surface area (Å²) in [6, 6.07) is 3.86. The first-order valence-corrected chi connectivity index (χ1v) is 5.75. The van der Waals surface area contributed by atoms with Crippen LogP contribution >= 0.6 is 0 Å². The summed E-state index contributed by atoms with van der Waals surface area (Å²) in [5.41, 5.74) is 1.11. The average molecular weight is 226 g/mol. The Bertz CT molecular complexity index is 308. The first-order chi connectivity index (χ1) is 7.81. The molecule has 16 heavy (non-hydrogen) atoms. The van der Waals surface area contributed by atoms with Crippen molar-refractivity contribution < 1.29 is 14.2 Å². The lowest BCUT2D eigenvalue weighted by Crippen LogP contribution is -1.93. The molecule has 0 bridgehead atoms. The van der Waals surface area contributed by atoms with Gasteiger partial charge in [0.2, 0.25) is 12.5 Å². The van der Waals surface area contributed by atoms with E-state index in [1.54, 1.807) is 7.11 Å². The summed E-state index contributed by atoms with van der Waals surface area (Å²) < 4.78 is 15.6. The van der Waals surface area contributed by atoms with Gasteiger partial charge in [-0.1, -0.05) is 27.7 Å². The molecule has 0 aromatic heterocycles.